The summed E-state index contributed by atoms with van der Waals surface area (Å²) in [4.78, 5) is 0. The summed E-state index contributed by atoms with van der Waals surface area (Å²) in [7, 11) is 0. The van der Waals surface area contributed by atoms with Crippen LogP contribution in [-0.2, 0) is 0 Å². The van der Waals surface area contributed by atoms with Gasteiger partial charge in [0.15, 0.2) is 0 Å². The second kappa shape index (κ2) is 23.2. The van der Waals surface area contributed by atoms with Crippen molar-refractivity contribution in [2.75, 3.05) is 0 Å². The maximum Gasteiger partial charge on any atom is -0.0000943 e. The standard InChI is InChI=1S/C78H56/c1-12-34-57(35-13-1)56-68-74(69(58-36-14-2-15-37-58)59-38-16-3-17-39-59)76(71(62-44-22-6-23-45-62)63-46-24-7-25-47-63)78(73(66-52-30-10-31-53-66)67-54-32-11-33-55-67)77(72(64-48-26-8-27-49-64)65-50-28-9-29-51-65)75(68)70(60-40-18-4-19-41-60)61-42-20-5-21-43-61/h1-56H. The van der Waals surface area contributed by atoms with Crippen molar-refractivity contribution in [1.29, 1.82) is 0 Å². The van der Waals surface area contributed by atoms with Gasteiger partial charge in [-0.1, -0.05) is 334 Å². The lowest BCUT2D eigenvalue weighted by atomic mass is 9.81. The lowest BCUT2D eigenvalue weighted by Gasteiger charge is -2.21. The maximum absolute atomic E-state index is 2.48. The minimum absolute atomic E-state index is 1.09. The van der Waals surface area contributed by atoms with Crippen LogP contribution in [0, 0.1) is 0 Å². The third kappa shape index (κ3) is 10.1. The molecule has 0 bridgehead atoms. The molecular weight excluding hydrogens is 937 g/mol. The molecule has 0 atom stereocenters. The van der Waals surface area contributed by atoms with Gasteiger partial charge in [0.25, 0.3) is 0 Å². The zero-order chi connectivity index (χ0) is 52.3. The summed E-state index contributed by atoms with van der Waals surface area (Å²) in [5.74, 6) is 0. The normalized spacial score (nSPS) is 10.8. The number of benzene rings is 12. The van der Waals surface area contributed by atoms with Gasteiger partial charge in [-0.05, 0) is 126 Å². The average Bonchev–Trinajstić information content (AvgIpc) is 3.67. The third-order valence-electron chi connectivity index (χ3n) is 14.5. The molecule has 0 heterocycles. The summed E-state index contributed by atoms with van der Waals surface area (Å²) in [5.41, 5.74) is 17.7. The van der Waals surface area contributed by atoms with Crippen molar-refractivity contribution >= 4 is 33.9 Å². The van der Waals surface area contributed by atoms with Crippen molar-refractivity contribution in [3.8, 4) is 0 Å². The molecule has 0 saturated heterocycles. The molecule has 0 aromatic heterocycles. The van der Waals surface area contributed by atoms with E-state index in [4.69, 9.17) is 0 Å². The van der Waals surface area contributed by atoms with E-state index in [9.17, 15) is 0 Å². The monoisotopic (exact) mass is 992 g/mol. The Morgan fingerprint density at radius 3 is 0.474 bits per heavy atom. The van der Waals surface area contributed by atoms with Gasteiger partial charge in [0.2, 0.25) is 0 Å². The quantitative estimate of drug-likeness (QED) is 0.121. The molecule has 0 fully saturated rings. The Kier molecular flexibility index (Phi) is 14.5. The van der Waals surface area contributed by atoms with Crippen molar-refractivity contribution in [3.05, 3.63) is 426 Å². The van der Waals surface area contributed by atoms with E-state index in [2.05, 4.69) is 340 Å². The molecule has 0 unspecified atom stereocenters. The van der Waals surface area contributed by atoms with Crippen LogP contribution in [-0.4, -0.2) is 0 Å². The molecule has 0 spiro atoms. The van der Waals surface area contributed by atoms with Crippen molar-refractivity contribution in [1.82, 2.24) is 0 Å². The summed E-state index contributed by atoms with van der Waals surface area (Å²) >= 11 is 0. The van der Waals surface area contributed by atoms with Crippen molar-refractivity contribution in [2.45, 2.75) is 0 Å². The molecule has 368 valence electrons. The van der Waals surface area contributed by atoms with Gasteiger partial charge >= 0.3 is 0 Å². The average molecular weight is 993 g/mol. The Bertz CT molecular complexity index is 3930. The predicted octanol–water partition coefficient (Wildman–Crippen LogP) is 13.8. The van der Waals surface area contributed by atoms with Gasteiger partial charge < -0.3 is 0 Å². The second-order valence-corrected chi connectivity index (χ2v) is 19.4. The fourth-order valence-electron chi connectivity index (χ4n) is 11.2. The molecule has 0 heteroatoms. The first-order valence-electron chi connectivity index (χ1n) is 26.8. The third-order valence-corrected chi connectivity index (χ3v) is 14.5. The molecule has 0 aliphatic rings. The molecule has 0 amide bonds. The Morgan fingerprint density at radius 2 is 0.295 bits per heavy atom. The fourth-order valence-corrected chi connectivity index (χ4v) is 11.2. The number of hydrogen-bond donors (Lipinski definition) is 0. The summed E-state index contributed by atoms with van der Waals surface area (Å²) < 4.78 is 0. The van der Waals surface area contributed by atoms with E-state index < -0.39 is 0 Å². The molecule has 0 aliphatic heterocycles. The van der Waals surface area contributed by atoms with Crippen LogP contribution < -0.4 is 31.3 Å². The van der Waals surface area contributed by atoms with Crippen LogP contribution in [0.3, 0.4) is 0 Å². The molecule has 0 nitrogen and oxygen atoms in total. The van der Waals surface area contributed by atoms with E-state index in [1.54, 1.807) is 0 Å². The van der Waals surface area contributed by atoms with Crippen LogP contribution in [0.25, 0.3) is 33.9 Å². The van der Waals surface area contributed by atoms with E-state index in [0.29, 0.717) is 0 Å². The van der Waals surface area contributed by atoms with Gasteiger partial charge in [0, 0.05) is 0 Å². The van der Waals surface area contributed by atoms with Gasteiger partial charge in [0.05, 0.1) is 0 Å². The minimum Gasteiger partial charge on any atom is -0.0622 e. The Balaban J connectivity index is 1.69. The van der Waals surface area contributed by atoms with Crippen LogP contribution in [0.15, 0.2) is 334 Å². The van der Waals surface area contributed by atoms with Gasteiger partial charge in [-0.15, -0.1) is 0 Å². The predicted molar refractivity (Wildman–Crippen MR) is 327 cm³/mol. The van der Waals surface area contributed by atoms with E-state index in [1.165, 1.54) is 0 Å². The molecule has 0 radical (unpaired) electrons. The Hall–Kier alpha value is -10.1. The van der Waals surface area contributed by atoms with E-state index in [0.717, 1.165) is 120 Å². The Labute approximate surface area is 457 Å². The molecule has 0 N–H and O–H groups in total. The van der Waals surface area contributed by atoms with Gasteiger partial charge in [-0.2, -0.15) is 0 Å². The molecule has 78 heavy (non-hydrogen) atoms. The zero-order valence-electron chi connectivity index (χ0n) is 43.3. The summed E-state index contributed by atoms with van der Waals surface area (Å²) in [5, 5.41) is 6.66. The van der Waals surface area contributed by atoms with Crippen LogP contribution in [0.4, 0.5) is 0 Å². The summed E-state index contributed by atoms with van der Waals surface area (Å²) in [6, 6.07) is 122. The van der Waals surface area contributed by atoms with Crippen LogP contribution in [0.1, 0.15) is 61.2 Å². The highest BCUT2D eigenvalue weighted by atomic mass is 14.3. The minimum atomic E-state index is 1.09. The Morgan fingerprint density at radius 1 is 0.154 bits per heavy atom. The molecule has 12 rings (SSSR count). The van der Waals surface area contributed by atoms with Gasteiger partial charge in [0.1, 0.15) is 0 Å². The van der Waals surface area contributed by atoms with E-state index >= 15 is 0 Å². The van der Waals surface area contributed by atoms with Gasteiger partial charge in [-0.3, -0.25) is 0 Å². The first-order chi connectivity index (χ1) is 38.8. The number of rotatable bonds is 11. The highest BCUT2D eigenvalue weighted by Gasteiger charge is 2.23. The van der Waals surface area contributed by atoms with Crippen LogP contribution in [0.5, 0.6) is 0 Å². The van der Waals surface area contributed by atoms with Crippen molar-refractivity contribution < 1.29 is 0 Å². The molecule has 12 aromatic carbocycles. The first kappa shape index (κ1) is 48.8. The van der Waals surface area contributed by atoms with Crippen molar-refractivity contribution in [3.63, 3.8) is 0 Å². The SMILES string of the molecule is C(c1ccccc1)=c1c(=C(c2ccccc2)c2ccccc2)c(=C(c2ccccc2)c2ccccc2)c(=C(c2ccccc2)c2ccccc2)c(=C(c2ccccc2)c2ccccc2)c1=C(c1ccccc1)c1ccccc1. The number of hydrogen-bond acceptors (Lipinski definition) is 0. The molecule has 12 aromatic rings. The zero-order valence-corrected chi connectivity index (χ0v) is 43.3. The maximum atomic E-state index is 2.48. The molecular formula is C78H56. The summed E-state index contributed by atoms with van der Waals surface area (Å²) in [6.07, 6.45) is 2.48. The lowest BCUT2D eigenvalue weighted by molar-refractivity contribution is 1.23. The highest BCUT2D eigenvalue weighted by molar-refractivity contribution is 5.91. The molecule has 0 saturated carbocycles. The first-order valence-corrected chi connectivity index (χ1v) is 26.8. The molecule has 0 aliphatic carbocycles. The lowest BCUT2D eigenvalue weighted by Crippen LogP contribution is -2.68. The van der Waals surface area contributed by atoms with E-state index in [-0.39, 0.29) is 0 Å². The summed E-state index contributed by atoms with van der Waals surface area (Å²) in [6.45, 7) is 0. The smallest absolute Gasteiger partial charge is 0.0000943 e. The second-order valence-electron chi connectivity index (χ2n) is 19.4. The van der Waals surface area contributed by atoms with E-state index in [1.807, 2.05) is 0 Å². The fraction of sp³-hybridized carbons (Fsp3) is 0. The largest absolute Gasteiger partial charge is 0.0622 e. The highest BCUT2D eigenvalue weighted by Crippen LogP contribution is 2.27. The van der Waals surface area contributed by atoms with Crippen LogP contribution in [0.2, 0.25) is 0 Å². The van der Waals surface area contributed by atoms with Crippen LogP contribution >= 0.6 is 0 Å². The van der Waals surface area contributed by atoms with Gasteiger partial charge in [-0.25, -0.2) is 0 Å². The topological polar surface area (TPSA) is 0 Å². The van der Waals surface area contributed by atoms with Crippen molar-refractivity contribution in [2.24, 2.45) is 0 Å².